The van der Waals surface area contributed by atoms with Crippen LogP contribution in [0.4, 0.5) is 8.78 Å². The second kappa shape index (κ2) is 6.75. The largest absolute Gasteiger partial charge is 0.493 e. The Balaban J connectivity index is 0.00000162. The van der Waals surface area contributed by atoms with Gasteiger partial charge in [0.05, 0.1) is 7.11 Å². The quantitative estimate of drug-likeness (QED) is 0.868. The normalized spacial score (nSPS) is 14.2. The molecule has 6 heteroatoms. The maximum absolute atomic E-state index is 12.1. The number of alkyl halides is 2. The minimum atomic E-state index is -2.83. The van der Waals surface area contributed by atoms with Gasteiger partial charge in [-0.15, -0.1) is 12.4 Å². The zero-order chi connectivity index (χ0) is 12.3. The van der Waals surface area contributed by atoms with E-state index in [4.69, 9.17) is 4.74 Å². The molecule has 0 aromatic heterocycles. The van der Waals surface area contributed by atoms with Gasteiger partial charge < -0.3 is 14.8 Å². The van der Waals surface area contributed by atoms with Gasteiger partial charge in [-0.2, -0.15) is 8.78 Å². The molecule has 0 saturated heterocycles. The van der Waals surface area contributed by atoms with Gasteiger partial charge in [0.2, 0.25) is 0 Å². The molecule has 102 valence electrons. The van der Waals surface area contributed by atoms with Crippen LogP contribution >= 0.6 is 12.4 Å². The number of benzene rings is 1. The molecule has 0 bridgehead atoms. The Morgan fingerprint density at radius 2 is 2.06 bits per heavy atom. The summed E-state index contributed by atoms with van der Waals surface area (Å²) in [5, 5.41) is 3.34. The van der Waals surface area contributed by atoms with Crippen molar-refractivity contribution in [2.45, 2.75) is 32.0 Å². The lowest BCUT2D eigenvalue weighted by Crippen LogP contribution is -2.15. The van der Waals surface area contributed by atoms with Gasteiger partial charge in [0.15, 0.2) is 11.5 Å². The summed E-state index contributed by atoms with van der Waals surface area (Å²) < 4.78 is 33.6. The van der Waals surface area contributed by atoms with Crippen molar-refractivity contribution in [2.75, 3.05) is 7.11 Å². The maximum atomic E-state index is 12.1. The number of methoxy groups -OCH3 is 1. The van der Waals surface area contributed by atoms with E-state index in [0.717, 1.165) is 12.1 Å². The molecule has 0 unspecified atom stereocenters. The van der Waals surface area contributed by atoms with E-state index in [1.807, 2.05) is 0 Å². The Hall–Kier alpha value is -1.07. The SMILES string of the molecule is COc1cc(CNC2CC2)ccc1OC(F)F.Cl. The molecule has 0 heterocycles. The molecule has 0 aliphatic heterocycles. The van der Waals surface area contributed by atoms with Crippen LogP contribution in [-0.4, -0.2) is 19.8 Å². The third-order valence-electron chi connectivity index (χ3n) is 2.62. The molecule has 0 radical (unpaired) electrons. The third-order valence-corrected chi connectivity index (χ3v) is 2.62. The second-order valence-corrected chi connectivity index (χ2v) is 4.02. The fourth-order valence-electron chi connectivity index (χ4n) is 1.56. The van der Waals surface area contributed by atoms with E-state index < -0.39 is 6.61 Å². The Morgan fingerprint density at radius 1 is 1.33 bits per heavy atom. The fraction of sp³-hybridized carbons (Fsp3) is 0.500. The van der Waals surface area contributed by atoms with Gasteiger partial charge in [0, 0.05) is 12.6 Å². The molecule has 1 aromatic rings. The van der Waals surface area contributed by atoms with Crippen molar-refractivity contribution in [1.82, 2.24) is 5.32 Å². The lowest BCUT2D eigenvalue weighted by Gasteiger charge is -2.11. The van der Waals surface area contributed by atoms with Crippen molar-refractivity contribution < 1.29 is 18.3 Å². The Kier molecular flexibility index (Phi) is 5.62. The van der Waals surface area contributed by atoms with Gasteiger partial charge in [-0.3, -0.25) is 0 Å². The van der Waals surface area contributed by atoms with Gasteiger partial charge in [-0.1, -0.05) is 6.07 Å². The molecule has 1 saturated carbocycles. The molecular formula is C12H16ClF2NO2. The van der Waals surface area contributed by atoms with E-state index in [-0.39, 0.29) is 18.2 Å². The highest BCUT2D eigenvalue weighted by atomic mass is 35.5. The molecule has 1 aliphatic rings. The van der Waals surface area contributed by atoms with Crippen LogP contribution in [0.5, 0.6) is 11.5 Å². The van der Waals surface area contributed by atoms with E-state index in [2.05, 4.69) is 10.1 Å². The molecule has 18 heavy (non-hydrogen) atoms. The summed E-state index contributed by atoms with van der Waals surface area (Å²) in [6.07, 6.45) is 2.42. The monoisotopic (exact) mass is 279 g/mol. The lowest BCUT2D eigenvalue weighted by molar-refractivity contribution is -0.0512. The van der Waals surface area contributed by atoms with E-state index in [1.165, 1.54) is 26.0 Å². The molecule has 0 spiro atoms. The van der Waals surface area contributed by atoms with E-state index >= 15 is 0 Å². The smallest absolute Gasteiger partial charge is 0.387 e. The van der Waals surface area contributed by atoms with Gasteiger partial charge >= 0.3 is 6.61 Å². The average Bonchev–Trinajstić information content (AvgIpc) is 3.11. The summed E-state index contributed by atoms with van der Waals surface area (Å²) in [4.78, 5) is 0. The topological polar surface area (TPSA) is 30.5 Å². The van der Waals surface area contributed by atoms with Crippen molar-refractivity contribution >= 4 is 12.4 Å². The summed E-state index contributed by atoms with van der Waals surface area (Å²) >= 11 is 0. The summed E-state index contributed by atoms with van der Waals surface area (Å²) in [5.41, 5.74) is 0.996. The highest BCUT2D eigenvalue weighted by Crippen LogP contribution is 2.29. The predicted molar refractivity (Wildman–Crippen MR) is 66.7 cm³/mol. The maximum Gasteiger partial charge on any atom is 0.387 e. The van der Waals surface area contributed by atoms with Crippen molar-refractivity contribution in [3.8, 4) is 11.5 Å². The van der Waals surface area contributed by atoms with Gasteiger partial charge in [0.1, 0.15) is 0 Å². The molecule has 0 atom stereocenters. The number of ether oxygens (including phenoxy) is 2. The summed E-state index contributed by atoms with van der Waals surface area (Å²) in [5.74, 6) is 0.401. The molecule has 0 amide bonds. The molecule has 1 aliphatic carbocycles. The van der Waals surface area contributed by atoms with Crippen molar-refractivity contribution in [3.05, 3.63) is 23.8 Å². The van der Waals surface area contributed by atoms with E-state index in [1.54, 1.807) is 12.1 Å². The molecular weight excluding hydrogens is 264 g/mol. The highest BCUT2D eigenvalue weighted by molar-refractivity contribution is 5.85. The number of hydrogen-bond donors (Lipinski definition) is 1. The number of rotatable bonds is 6. The Bertz CT molecular complexity index is 386. The van der Waals surface area contributed by atoms with E-state index in [9.17, 15) is 8.78 Å². The molecule has 3 nitrogen and oxygen atoms in total. The van der Waals surface area contributed by atoms with Gasteiger partial charge in [-0.25, -0.2) is 0 Å². The Labute approximate surface area is 111 Å². The fourth-order valence-corrected chi connectivity index (χ4v) is 1.56. The number of hydrogen-bond acceptors (Lipinski definition) is 3. The van der Waals surface area contributed by atoms with Crippen LogP contribution < -0.4 is 14.8 Å². The van der Waals surface area contributed by atoms with E-state index in [0.29, 0.717) is 11.8 Å². The first-order valence-electron chi connectivity index (χ1n) is 5.54. The first-order chi connectivity index (χ1) is 8.19. The zero-order valence-corrected chi connectivity index (χ0v) is 10.8. The average molecular weight is 280 g/mol. The van der Waals surface area contributed by atoms with Crippen LogP contribution in [0.1, 0.15) is 18.4 Å². The van der Waals surface area contributed by atoms with Crippen LogP contribution in [0.3, 0.4) is 0 Å². The summed E-state index contributed by atoms with van der Waals surface area (Å²) in [7, 11) is 1.44. The van der Waals surface area contributed by atoms with Crippen LogP contribution in [0, 0.1) is 0 Å². The second-order valence-electron chi connectivity index (χ2n) is 4.02. The van der Waals surface area contributed by atoms with Crippen LogP contribution in [0.25, 0.3) is 0 Å². The lowest BCUT2D eigenvalue weighted by atomic mass is 10.2. The highest BCUT2D eigenvalue weighted by Gasteiger charge is 2.20. The third kappa shape index (κ3) is 4.31. The van der Waals surface area contributed by atoms with Gasteiger partial charge in [-0.05, 0) is 30.5 Å². The molecule has 1 aromatic carbocycles. The van der Waals surface area contributed by atoms with Crippen molar-refractivity contribution in [2.24, 2.45) is 0 Å². The van der Waals surface area contributed by atoms with Crippen LogP contribution in [0.15, 0.2) is 18.2 Å². The molecule has 1 fully saturated rings. The molecule has 2 rings (SSSR count). The molecule has 1 N–H and O–H groups in total. The predicted octanol–water partition coefficient (Wildman–Crippen LogP) is 2.97. The van der Waals surface area contributed by atoms with Gasteiger partial charge in [0.25, 0.3) is 0 Å². The summed E-state index contributed by atoms with van der Waals surface area (Å²) in [6, 6.07) is 5.59. The number of halogens is 3. The first-order valence-corrected chi connectivity index (χ1v) is 5.54. The van der Waals surface area contributed by atoms with Crippen molar-refractivity contribution in [3.63, 3.8) is 0 Å². The van der Waals surface area contributed by atoms with Crippen molar-refractivity contribution in [1.29, 1.82) is 0 Å². The van der Waals surface area contributed by atoms with Crippen LogP contribution in [0.2, 0.25) is 0 Å². The number of nitrogens with one attached hydrogen (secondary N) is 1. The summed E-state index contributed by atoms with van der Waals surface area (Å²) in [6.45, 7) is -2.12. The Morgan fingerprint density at radius 3 is 2.61 bits per heavy atom. The minimum absolute atomic E-state index is 0. The standard InChI is InChI=1S/C12H15F2NO2.ClH/c1-16-11-6-8(7-15-9-3-4-9)2-5-10(11)17-12(13)14;/h2,5-6,9,12,15H,3-4,7H2,1H3;1H. The minimum Gasteiger partial charge on any atom is -0.493 e. The van der Waals surface area contributed by atoms with Crippen LogP contribution in [-0.2, 0) is 6.54 Å². The first kappa shape index (κ1) is 15.0. The zero-order valence-electron chi connectivity index (χ0n) is 9.99.